The molecular formula is C18H28N2O2. The summed E-state index contributed by atoms with van der Waals surface area (Å²) in [7, 11) is 0. The van der Waals surface area contributed by atoms with Crippen LogP contribution in [0.4, 0.5) is 5.69 Å². The maximum Gasteiger partial charge on any atom is 0.176 e. The number of likely N-dealkylation sites (tertiary alicyclic amines) is 1. The topological polar surface area (TPSA) is 55.6 Å². The number of nitrogen functional groups attached to an aromatic ring is 1. The van der Waals surface area contributed by atoms with Gasteiger partial charge in [-0.2, -0.15) is 0 Å². The Hall–Kier alpha value is -1.55. The molecular weight excluding hydrogens is 276 g/mol. The molecule has 0 saturated carbocycles. The standard InChI is InChI=1S/C18H28N2O2/c1-12(2)22-18-6-5-15(8-16(18)19)17(21)11-20-9-13(3)7-14(4)10-20/h5-6,8,12-14H,7,9-11,19H2,1-4H3. The van der Waals surface area contributed by atoms with Crippen molar-refractivity contribution in [2.24, 2.45) is 11.8 Å². The molecule has 1 fully saturated rings. The fraction of sp³-hybridized carbons (Fsp3) is 0.611. The van der Waals surface area contributed by atoms with Gasteiger partial charge in [-0.3, -0.25) is 9.69 Å². The van der Waals surface area contributed by atoms with Crippen LogP contribution >= 0.6 is 0 Å². The Balaban J connectivity index is 2.02. The molecule has 1 saturated heterocycles. The molecule has 1 heterocycles. The summed E-state index contributed by atoms with van der Waals surface area (Å²) in [5, 5.41) is 0. The second-order valence-electron chi connectivity index (χ2n) is 6.98. The lowest BCUT2D eigenvalue weighted by atomic mass is 9.91. The lowest BCUT2D eigenvalue weighted by Crippen LogP contribution is -2.41. The number of piperidine rings is 1. The van der Waals surface area contributed by atoms with Gasteiger partial charge < -0.3 is 10.5 Å². The maximum atomic E-state index is 12.5. The third kappa shape index (κ3) is 4.47. The molecule has 0 aliphatic carbocycles. The number of rotatable bonds is 5. The smallest absolute Gasteiger partial charge is 0.176 e. The zero-order chi connectivity index (χ0) is 16.3. The van der Waals surface area contributed by atoms with Gasteiger partial charge in [0.05, 0.1) is 18.3 Å². The summed E-state index contributed by atoms with van der Waals surface area (Å²) >= 11 is 0. The number of anilines is 1. The Bertz CT molecular complexity index is 518. The van der Waals surface area contributed by atoms with Gasteiger partial charge in [0.25, 0.3) is 0 Å². The van der Waals surface area contributed by atoms with E-state index in [1.807, 2.05) is 19.9 Å². The van der Waals surface area contributed by atoms with Crippen LogP contribution in [0, 0.1) is 11.8 Å². The highest BCUT2D eigenvalue weighted by atomic mass is 16.5. The third-order valence-electron chi connectivity index (χ3n) is 4.01. The van der Waals surface area contributed by atoms with Gasteiger partial charge in [0.15, 0.2) is 5.78 Å². The number of ketones is 1. The van der Waals surface area contributed by atoms with Crippen LogP contribution in [0.25, 0.3) is 0 Å². The Morgan fingerprint density at radius 1 is 1.32 bits per heavy atom. The molecule has 0 bridgehead atoms. The molecule has 1 aliphatic heterocycles. The zero-order valence-corrected chi connectivity index (χ0v) is 14.1. The first-order valence-electron chi connectivity index (χ1n) is 8.17. The van der Waals surface area contributed by atoms with Gasteiger partial charge in [0, 0.05) is 18.7 Å². The first-order chi connectivity index (χ1) is 10.3. The first-order valence-corrected chi connectivity index (χ1v) is 8.17. The van der Waals surface area contributed by atoms with Crippen LogP contribution in [0.15, 0.2) is 18.2 Å². The second-order valence-corrected chi connectivity index (χ2v) is 6.98. The molecule has 2 unspecified atom stereocenters. The summed E-state index contributed by atoms with van der Waals surface area (Å²) < 4.78 is 5.61. The molecule has 0 spiro atoms. The maximum absolute atomic E-state index is 12.5. The van der Waals surface area contributed by atoms with E-state index in [2.05, 4.69) is 18.7 Å². The van der Waals surface area contributed by atoms with E-state index in [1.165, 1.54) is 6.42 Å². The molecule has 0 radical (unpaired) electrons. The lowest BCUT2D eigenvalue weighted by molar-refractivity contribution is 0.0849. The monoisotopic (exact) mass is 304 g/mol. The van der Waals surface area contributed by atoms with Gasteiger partial charge in [-0.05, 0) is 50.3 Å². The van der Waals surface area contributed by atoms with Crippen molar-refractivity contribution in [2.75, 3.05) is 25.4 Å². The number of carbonyl (C=O) groups is 1. The van der Waals surface area contributed by atoms with Crippen LogP contribution in [0.2, 0.25) is 0 Å². The number of nitrogens with zero attached hydrogens (tertiary/aromatic N) is 1. The predicted molar refractivity (Wildman–Crippen MR) is 90.3 cm³/mol. The van der Waals surface area contributed by atoms with E-state index in [9.17, 15) is 4.79 Å². The number of Topliss-reactive ketones (excluding diaryl/α,β-unsaturated/α-hetero) is 1. The van der Waals surface area contributed by atoms with E-state index >= 15 is 0 Å². The minimum absolute atomic E-state index is 0.0696. The van der Waals surface area contributed by atoms with Crippen molar-refractivity contribution in [3.8, 4) is 5.75 Å². The van der Waals surface area contributed by atoms with Crippen LogP contribution in [0.5, 0.6) is 5.75 Å². The van der Waals surface area contributed by atoms with Crippen LogP contribution in [0.1, 0.15) is 44.5 Å². The highest BCUT2D eigenvalue weighted by Gasteiger charge is 2.23. The summed E-state index contributed by atoms with van der Waals surface area (Å²) in [6.45, 7) is 10.9. The number of carbonyl (C=O) groups excluding carboxylic acids is 1. The normalized spacial score (nSPS) is 22.8. The van der Waals surface area contributed by atoms with E-state index in [-0.39, 0.29) is 11.9 Å². The first kappa shape index (κ1) is 16.8. The molecule has 122 valence electrons. The summed E-state index contributed by atoms with van der Waals surface area (Å²) in [6, 6.07) is 5.34. The average Bonchev–Trinajstić information content (AvgIpc) is 2.39. The van der Waals surface area contributed by atoms with E-state index in [0.717, 1.165) is 13.1 Å². The van der Waals surface area contributed by atoms with Crippen molar-refractivity contribution < 1.29 is 9.53 Å². The van der Waals surface area contributed by atoms with Crippen molar-refractivity contribution in [3.63, 3.8) is 0 Å². The number of hydrogen-bond donors (Lipinski definition) is 1. The molecule has 2 rings (SSSR count). The van der Waals surface area contributed by atoms with Crippen LogP contribution < -0.4 is 10.5 Å². The molecule has 22 heavy (non-hydrogen) atoms. The number of nitrogens with two attached hydrogens (primary N) is 1. The van der Waals surface area contributed by atoms with E-state index < -0.39 is 0 Å². The van der Waals surface area contributed by atoms with Crippen LogP contribution in [-0.2, 0) is 0 Å². The van der Waals surface area contributed by atoms with E-state index in [4.69, 9.17) is 10.5 Å². The van der Waals surface area contributed by atoms with Gasteiger partial charge >= 0.3 is 0 Å². The second kappa shape index (κ2) is 7.14. The van der Waals surface area contributed by atoms with E-state index in [1.54, 1.807) is 12.1 Å². The number of benzene rings is 1. The zero-order valence-electron chi connectivity index (χ0n) is 14.1. The summed E-state index contributed by atoms with van der Waals surface area (Å²) in [6.07, 6.45) is 1.32. The highest BCUT2D eigenvalue weighted by Crippen LogP contribution is 2.25. The summed E-state index contributed by atoms with van der Waals surface area (Å²) in [4.78, 5) is 14.7. The summed E-state index contributed by atoms with van der Waals surface area (Å²) in [5.74, 6) is 2.09. The van der Waals surface area contributed by atoms with Crippen molar-refractivity contribution in [1.82, 2.24) is 4.90 Å². The molecule has 0 aromatic heterocycles. The highest BCUT2D eigenvalue weighted by molar-refractivity contribution is 5.98. The van der Waals surface area contributed by atoms with Crippen molar-refractivity contribution in [3.05, 3.63) is 23.8 Å². The van der Waals surface area contributed by atoms with E-state index in [0.29, 0.717) is 35.4 Å². The molecule has 1 aliphatic rings. The van der Waals surface area contributed by atoms with Gasteiger partial charge in [-0.15, -0.1) is 0 Å². The molecule has 1 aromatic rings. The fourth-order valence-electron chi connectivity index (χ4n) is 3.30. The van der Waals surface area contributed by atoms with Crippen LogP contribution in [-0.4, -0.2) is 36.4 Å². The Kier molecular flexibility index (Phi) is 5.46. The van der Waals surface area contributed by atoms with Crippen molar-refractivity contribution >= 4 is 11.5 Å². The minimum Gasteiger partial charge on any atom is -0.489 e. The molecule has 2 atom stereocenters. The molecule has 4 heteroatoms. The molecule has 0 amide bonds. The number of hydrogen-bond acceptors (Lipinski definition) is 4. The molecule has 1 aromatic carbocycles. The largest absolute Gasteiger partial charge is 0.489 e. The van der Waals surface area contributed by atoms with Gasteiger partial charge in [-0.1, -0.05) is 13.8 Å². The predicted octanol–water partition coefficient (Wildman–Crippen LogP) is 3.22. The van der Waals surface area contributed by atoms with Gasteiger partial charge in [0.1, 0.15) is 5.75 Å². The quantitative estimate of drug-likeness (QED) is 0.670. The number of ether oxygens (including phenoxy) is 1. The Morgan fingerprint density at radius 2 is 1.95 bits per heavy atom. The van der Waals surface area contributed by atoms with Gasteiger partial charge in [-0.25, -0.2) is 0 Å². The van der Waals surface area contributed by atoms with Crippen molar-refractivity contribution in [2.45, 2.75) is 40.2 Å². The van der Waals surface area contributed by atoms with Crippen LogP contribution in [0.3, 0.4) is 0 Å². The third-order valence-corrected chi connectivity index (χ3v) is 4.01. The summed E-state index contributed by atoms with van der Waals surface area (Å²) in [5.41, 5.74) is 7.19. The lowest BCUT2D eigenvalue weighted by Gasteiger charge is -2.34. The molecule has 4 nitrogen and oxygen atoms in total. The minimum atomic E-state index is 0.0696. The Labute approximate surface area is 133 Å². The van der Waals surface area contributed by atoms with Gasteiger partial charge in [0.2, 0.25) is 0 Å². The SMILES string of the molecule is CC1CC(C)CN(CC(=O)c2ccc(OC(C)C)c(N)c2)C1. The molecule has 2 N–H and O–H groups in total. The van der Waals surface area contributed by atoms with Crippen molar-refractivity contribution in [1.29, 1.82) is 0 Å². The fourth-order valence-corrected chi connectivity index (χ4v) is 3.30. The average molecular weight is 304 g/mol. The Morgan fingerprint density at radius 3 is 2.50 bits per heavy atom.